The van der Waals surface area contributed by atoms with Gasteiger partial charge < -0.3 is 14.8 Å². The minimum absolute atomic E-state index is 0.295. The Hall–Kier alpha value is -2.04. The number of hydrogen-bond donors (Lipinski definition) is 1. The molecule has 1 N–H and O–H groups in total. The van der Waals surface area contributed by atoms with Crippen LogP contribution in [0.3, 0.4) is 0 Å². The molecule has 0 aliphatic carbocycles. The Bertz CT molecular complexity index is 506. The second-order valence-electron chi connectivity index (χ2n) is 5.93. The highest BCUT2D eigenvalue weighted by atomic mass is 16.5. The van der Waals surface area contributed by atoms with Gasteiger partial charge in [0.15, 0.2) is 0 Å². The smallest absolute Gasteiger partial charge is 0.338 e. The largest absolute Gasteiger partial charge is 0.462 e. The zero-order valence-corrected chi connectivity index (χ0v) is 15.7. The Labute approximate surface area is 151 Å². The molecule has 0 radical (unpaired) electrons. The number of unbranched alkanes of at least 4 members (excludes halogenated alkanes) is 5. The number of carbonyl (C=O) groups is 2. The molecule has 0 fully saturated rings. The molecule has 0 saturated carbocycles. The zero-order chi connectivity index (χ0) is 18.5. The van der Waals surface area contributed by atoms with Crippen LogP contribution in [0.5, 0.6) is 0 Å². The molecule has 5 heteroatoms. The summed E-state index contributed by atoms with van der Waals surface area (Å²) >= 11 is 0. The predicted molar refractivity (Wildman–Crippen MR) is 100 cm³/mol. The number of carbonyl (C=O) groups excluding carboxylic acids is 2. The number of anilines is 1. The third-order valence-corrected chi connectivity index (χ3v) is 3.81. The summed E-state index contributed by atoms with van der Waals surface area (Å²) in [4.78, 5) is 24.0. The van der Waals surface area contributed by atoms with Gasteiger partial charge in [0, 0.05) is 12.2 Å². The first kappa shape index (κ1) is 21.0. The van der Waals surface area contributed by atoms with E-state index in [4.69, 9.17) is 9.47 Å². The summed E-state index contributed by atoms with van der Waals surface area (Å²) in [5.74, 6) is -0.868. The molecule has 0 atom stereocenters. The summed E-state index contributed by atoms with van der Waals surface area (Å²) in [7, 11) is 0. The second kappa shape index (κ2) is 12.3. The van der Waals surface area contributed by atoms with Gasteiger partial charge in [0.2, 0.25) is 0 Å². The predicted octanol–water partition coefficient (Wildman–Crippen LogP) is 4.81. The van der Waals surface area contributed by atoms with Crippen molar-refractivity contribution in [1.82, 2.24) is 0 Å². The van der Waals surface area contributed by atoms with E-state index in [1.807, 2.05) is 0 Å². The van der Waals surface area contributed by atoms with E-state index in [0.29, 0.717) is 24.3 Å². The van der Waals surface area contributed by atoms with E-state index >= 15 is 0 Å². The molecule has 0 spiro atoms. The third kappa shape index (κ3) is 8.05. The highest BCUT2D eigenvalue weighted by Gasteiger charge is 2.14. The van der Waals surface area contributed by atoms with Gasteiger partial charge in [-0.25, -0.2) is 9.59 Å². The molecule has 1 rings (SSSR count). The van der Waals surface area contributed by atoms with Crippen LogP contribution in [0.4, 0.5) is 5.69 Å². The van der Waals surface area contributed by atoms with Crippen LogP contribution in [-0.4, -0.2) is 31.7 Å². The van der Waals surface area contributed by atoms with Gasteiger partial charge >= 0.3 is 11.9 Å². The molecule has 0 heterocycles. The van der Waals surface area contributed by atoms with E-state index in [1.54, 1.807) is 26.0 Å². The first-order valence-electron chi connectivity index (χ1n) is 9.35. The van der Waals surface area contributed by atoms with Crippen molar-refractivity contribution in [2.24, 2.45) is 0 Å². The summed E-state index contributed by atoms with van der Waals surface area (Å²) in [6.45, 7) is 7.11. The van der Waals surface area contributed by atoms with Crippen LogP contribution in [0.1, 0.15) is 80.0 Å². The molecular weight excluding hydrogens is 318 g/mol. The van der Waals surface area contributed by atoms with E-state index in [0.717, 1.165) is 18.7 Å². The molecule has 140 valence electrons. The molecule has 1 aromatic carbocycles. The molecule has 0 bridgehead atoms. The number of rotatable bonds is 12. The van der Waals surface area contributed by atoms with E-state index in [-0.39, 0.29) is 0 Å². The first-order chi connectivity index (χ1) is 12.1. The Morgan fingerprint density at radius 3 is 1.84 bits per heavy atom. The van der Waals surface area contributed by atoms with Crippen LogP contribution >= 0.6 is 0 Å². The fourth-order valence-corrected chi connectivity index (χ4v) is 2.53. The van der Waals surface area contributed by atoms with Gasteiger partial charge in [0.1, 0.15) is 0 Å². The molecule has 0 aliphatic heterocycles. The summed E-state index contributed by atoms with van der Waals surface area (Å²) in [5.41, 5.74) is 1.46. The van der Waals surface area contributed by atoms with Crippen LogP contribution in [-0.2, 0) is 9.47 Å². The molecule has 0 unspecified atom stereocenters. The van der Waals surface area contributed by atoms with Crippen LogP contribution in [0, 0.1) is 0 Å². The number of benzene rings is 1. The Morgan fingerprint density at radius 2 is 1.32 bits per heavy atom. The summed E-state index contributed by atoms with van der Waals surface area (Å²) in [6.07, 6.45) is 7.29. The van der Waals surface area contributed by atoms with E-state index in [1.165, 1.54) is 38.2 Å². The van der Waals surface area contributed by atoms with Gasteiger partial charge in [-0.3, -0.25) is 0 Å². The van der Waals surface area contributed by atoms with Gasteiger partial charge in [0.05, 0.1) is 24.3 Å². The minimum atomic E-state index is -0.434. The second-order valence-corrected chi connectivity index (χ2v) is 5.93. The molecule has 0 amide bonds. The molecule has 1 aromatic rings. The Balaban J connectivity index is 2.69. The average Bonchev–Trinajstić information content (AvgIpc) is 2.61. The van der Waals surface area contributed by atoms with Crippen molar-refractivity contribution in [3.63, 3.8) is 0 Å². The zero-order valence-electron chi connectivity index (χ0n) is 15.7. The topological polar surface area (TPSA) is 64.6 Å². The molecule has 0 aliphatic rings. The minimum Gasteiger partial charge on any atom is -0.462 e. The summed E-state index contributed by atoms with van der Waals surface area (Å²) in [5, 5.41) is 3.29. The maximum Gasteiger partial charge on any atom is 0.338 e. The number of hydrogen-bond acceptors (Lipinski definition) is 5. The lowest BCUT2D eigenvalue weighted by molar-refractivity contribution is 0.0525. The van der Waals surface area contributed by atoms with Gasteiger partial charge in [-0.2, -0.15) is 0 Å². The van der Waals surface area contributed by atoms with Crippen molar-refractivity contribution in [3.8, 4) is 0 Å². The highest BCUT2D eigenvalue weighted by Crippen LogP contribution is 2.18. The van der Waals surface area contributed by atoms with Crippen LogP contribution < -0.4 is 5.32 Å². The third-order valence-electron chi connectivity index (χ3n) is 3.81. The van der Waals surface area contributed by atoms with Crippen molar-refractivity contribution in [3.05, 3.63) is 29.3 Å². The van der Waals surface area contributed by atoms with Crippen LogP contribution in [0.25, 0.3) is 0 Å². The molecule has 0 aromatic heterocycles. The average molecular weight is 349 g/mol. The molecule has 0 saturated heterocycles. The SMILES string of the molecule is CCCCCCCCNc1cc(C(=O)OCC)cc(C(=O)OCC)c1. The standard InChI is InChI=1S/C20H31NO4/c1-4-7-8-9-10-11-12-21-18-14-16(19(22)24-5-2)13-17(15-18)20(23)25-6-3/h13-15,21H,4-12H2,1-3H3. The van der Waals surface area contributed by atoms with Crippen molar-refractivity contribution in [2.75, 3.05) is 25.1 Å². The van der Waals surface area contributed by atoms with Crippen molar-refractivity contribution < 1.29 is 19.1 Å². The highest BCUT2D eigenvalue weighted by molar-refractivity contribution is 5.97. The first-order valence-corrected chi connectivity index (χ1v) is 9.35. The fraction of sp³-hybridized carbons (Fsp3) is 0.600. The monoisotopic (exact) mass is 349 g/mol. The maximum absolute atomic E-state index is 12.0. The van der Waals surface area contributed by atoms with E-state index in [2.05, 4.69) is 12.2 Å². The van der Waals surface area contributed by atoms with E-state index < -0.39 is 11.9 Å². The van der Waals surface area contributed by atoms with Gasteiger partial charge in [-0.15, -0.1) is 0 Å². The summed E-state index contributed by atoms with van der Waals surface area (Å²) in [6, 6.07) is 4.96. The molecular formula is C20H31NO4. The lowest BCUT2D eigenvalue weighted by Gasteiger charge is -2.11. The maximum atomic E-state index is 12.0. The summed E-state index contributed by atoms with van der Waals surface area (Å²) < 4.78 is 10.1. The fourth-order valence-electron chi connectivity index (χ4n) is 2.53. The number of ether oxygens (including phenoxy) is 2. The van der Waals surface area contributed by atoms with E-state index in [9.17, 15) is 9.59 Å². The van der Waals surface area contributed by atoms with Crippen molar-refractivity contribution in [2.45, 2.75) is 59.3 Å². The normalized spacial score (nSPS) is 10.4. The van der Waals surface area contributed by atoms with Crippen molar-refractivity contribution >= 4 is 17.6 Å². The van der Waals surface area contributed by atoms with Gasteiger partial charge in [0.25, 0.3) is 0 Å². The Morgan fingerprint density at radius 1 is 0.800 bits per heavy atom. The lowest BCUT2D eigenvalue weighted by atomic mass is 10.1. The lowest BCUT2D eigenvalue weighted by Crippen LogP contribution is -2.11. The number of nitrogens with one attached hydrogen (secondary N) is 1. The number of esters is 2. The van der Waals surface area contributed by atoms with Gasteiger partial charge in [-0.1, -0.05) is 39.0 Å². The Kier molecular flexibility index (Phi) is 10.4. The quantitative estimate of drug-likeness (QED) is 0.433. The van der Waals surface area contributed by atoms with Crippen LogP contribution in [0.2, 0.25) is 0 Å². The van der Waals surface area contributed by atoms with Gasteiger partial charge in [-0.05, 0) is 38.5 Å². The van der Waals surface area contributed by atoms with Crippen molar-refractivity contribution in [1.29, 1.82) is 0 Å². The van der Waals surface area contributed by atoms with Crippen LogP contribution in [0.15, 0.2) is 18.2 Å². The molecule has 5 nitrogen and oxygen atoms in total. The molecule has 25 heavy (non-hydrogen) atoms.